The molecule has 2 aromatic heterocycles. The zero-order valence-electron chi connectivity index (χ0n) is 19.9. The van der Waals surface area contributed by atoms with Gasteiger partial charge in [-0.15, -0.1) is 0 Å². The average molecular weight is 465 g/mol. The number of benzene rings is 2. The van der Waals surface area contributed by atoms with Crippen LogP contribution >= 0.6 is 0 Å². The molecular weight excluding hydrogens is 436 g/mol. The third-order valence-electron chi connectivity index (χ3n) is 6.57. The van der Waals surface area contributed by atoms with E-state index in [-0.39, 0.29) is 5.91 Å². The molecule has 0 atom stereocenters. The van der Waals surface area contributed by atoms with E-state index in [1.807, 2.05) is 77.2 Å². The van der Waals surface area contributed by atoms with Gasteiger partial charge in [0.15, 0.2) is 5.65 Å². The smallest absolute Gasteiger partial charge is 0.254 e. The second kappa shape index (κ2) is 10.1. The van der Waals surface area contributed by atoms with Crippen molar-refractivity contribution >= 4 is 16.9 Å². The first-order valence-corrected chi connectivity index (χ1v) is 12.1. The number of carbonyl (C=O) groups excluding carboxylic acids is 1. The van der Waals surface area contributed by atoms with Crippen LogP contribution < -0.4 is 0 Å². The molecule has 0 aliphatic carbocycles. The van der Waals surface area contributed by atoms with Crippen LogP contribution in [0.4, 0.5) is 0 Å². The van der Waals surface area contributed by atoms with Crippen molar-refractivity contribution in [2.45, 2.75) is 26.4 Å². The van der Waals surface area contributed by atoms with Crippen LogP contribution in [0.25, 0.3) is 22.3 Å². The minimum absolute atomic E-state index is 0.0328. The van der Waals surface area contributed by atoms with Gasteiger partial charge in [0.2, 0.25) is 0 Å². The molecule has 0 bridgehead atoms. The molecule has 1 saturated heterocycles. The van der Waals surface area contributed by atoms with Gasteiger partial charge < -0.3 is 4.90 Å². The zero-order chi connectivity index (χ0) is 24.2. The monoisotopic (exact) mass is 464 g/mol. The highest BCUT2D eigenvalue weighted by Crippen LogP contribution is 2.26. The van der Waals surface area contributed by atoms with Crippen LogP contribution in [0.5, 0.6) is 0 Å². The Morgan fingerprint density at radius 1 is 1.03 bits per heavy atom. The number of amides is 1. The number of nitriles is 1. The number of hydrogen-bond acceptors (Lipinski definition) is 5. The maximum absolute atomic E-state index is 13.8. The summed E-state index contributed by atoms with van der Waals surface area (Å²) in [5.41, 5.74) is 5.03. The Balaban J connectivity index is 1.38. The Morgan fingerprint density at radius 3 is 2.57 bits per heavy atom. The highest BCUT2D eigenvalue weighted by atomic mass is 16.2. The van der Waals surface area contributed by atoms with E-state index in [1.54, 1.807) is 6.20 Å². The molecule has 0 radical (unpaired) electrons. The Labute approximate surface area is 205 Å². The Kier molecular flexibility index (Phi) is 6.55. The number of nitrogens with zero attached hydrogens (tertiary/aromatic N) is 6. The molecule has 0 unspecified atom stereocenters. The lowest BCUT2D eigenvalue weighted by Gasteiger charge is -2.22. The van der Waals surface area contributed by atoms with Crippen LogP contribution in [0.2, 0.25) is 0 Å². The molecule has 2 aromatic carbocycles. The van der Waals surface area contributed by atoms with Crippen LogP contribution in [-0.4, -0.2) is 56.7 Å². The third kappa shape index (κ3) is 4.79. The molecule has 5 rings (SSSR count). The van der Waals surface area contributed by atoms with Crippen molar-refractivity contribution in [2.24, 2.45) is 0 Å². The van der Waals surface area contributed by atoms with Crippen LogP contribution in [0.3, 0.4) is 0 Å². The zero-order valence-corrected chi connectivity index (χ0v) is 19.9. The molecule has 3 heterocycles. The van der Waals surface area contributed by atoms with E-state index in [4.69, 9.17) is 10.2 Å². The molecule has 1 aliphatic rings. The first kappa shape index (κ1) is 22.8. The summed E-state index contributed by atoms with van der Waals surface area (Å²) in [7, 11) is 0. The highest BCUT2D eigenvalue weighted by Gasteiger charge is 2.24. The molecule has 1 fully saturated rings. The summed E-state index contributed by atoms with van der Waals surface area (Å²) in [6.07, 6.45) is 2.68. The number of rotatable bonds is 5. The van der Waals surface area contributed by atoms with Gasteiger partial charge in [0.05, 0.1) is 34.5 Å². The van der Waals surface area contributed by atoms with Gasteiger partial charge in [0.1, 0.15) is 0 Å². The van der Waals surface area contributed by atoms with E-state index in [0.717, 1.165) is 54.9 Å². The Morgan fingerprint density at radius 2 is 1.83 bits per heavy atom. The minimum atomic E-state index is 0.0328. The summed E-state index contributed by atoms with van der Waals surface area (Å²) in [5, 5.41) is 14.3. The van der Waals surface area contributed by atoms with Gasteiger partial charge in [-0.2, -0.15) is 10.4 Å². The van der Waals surface area contributed by atoms with Crippen molar-refractivity contribution in [1.82, 2.24) is 24.6 Å². The van der Waals surface area contributed by atoms with E-state index in [9.17, 15) is 4.79 Å². The Bertz CT molecular complexity index is 1370. The first-order valence-electron chi connectivity index (χ1n) is 12.1. The van der Waals surface area contributed by atoms with E-state index >= 15 is 0 Å². The normalized spacial score (nSPS) is 14.6. The number of aryl methyl sites for hydroxylation is 1. The van der Waals surface area contributed by atoms with Crippen LogP contribution in [0, 0.1) is 11.3 Å². The predicted molar refractivity (Wildman–Crippen MR) is 136 cm³/mol. The van der Waals surface area contributed by atoms with Crippen molar-refractivity contribution in [2.75, 3.05) is 26.2 Å². The van der Waals surface area contributed by atoms with E-state index in [2.05, 4.69) is 16.1 Å². The molecular formula is C28H28N6O. The lowest BCUT2D eigenvalue weighted by molar-refractivity contribution is 0.0763. The summed E-state index contributed by atoms with van der Waals surface area (Å²) in [5.74, 6) is 0.0328. The molecule has 0 N–H and O–H groups in total. The molecule has 7 heteroatoms. The lowest BCUT2D eigenvalue weighted by Crippen LogP contribution is -2.35. The quantitative estimate of drug-likeness (QED) is 0.439. The number of pyridine rings is 1. The number of hydrogen-bond donors (Lipinski definition) is 0. The molecule has 1 aliphatic heterocycles. The van der Waals surface area contributed by atoms with Gasteiger partial charge in [-0.1, -0.05) is 42.5 Å². The highest BCUT2D eigenvalue weighted by molar-refractivity contribution is 6.06. The third-order valence-corrected chi connectivity index (χ3v) is 6.57. The summed E-state index contributed by atoms with van der Waals surface area (Å²) in [6.45, 7) is 6.65. The molecule has 4 aromatic rings. The first-order chi connectivity index (χ1) is 17.2. The van der Waals surface area contributed by atoms with Crippen LogP contribution in [-0.2, 0) is 13.1 Å². The fourth-order valence-corrected chi connectivity index (χ4v) is 4.66. The van der Waals surface area contributed by atoms with Gasteiger partial charge in [-0.25, -0.2) is 9.67 Å². The van der Waals surface area contributed by atoms with E-state index in [0.29, 0.717) is 24.2 Å². The molecule has 7 nitrogen and oxygen atoms in total. The second-order valence-electron chi connectivity index (χ2n) is 8.85. The second-order valence-corrected chi connectivity index (χ2v) is 8.85. The van der Waals surface area contributed by atoms with Gasteiger partial charge >= 0.3 is 0 Å². The molecule has 1 amide bonds. The summed E-state index contributed by atoms with van der Waals surface area (Å²) >= 11 is 0. The number of aromatic nitrogens is 3. The van der Waals surface area contributed by atoms with Gasteiger partial charge in [-0.3, -0.25) is 9.69 Å². The van der Waals surface area contributed by atoms with Crippen molar-refractivity contribution in [3.63, 3.8) is 0 Å². The largest absolute Gasteiger partial charge is 0.337 e. The lowest BCUT2D eigenvalue weighted by atomic mass is 10.1. The summed E-state index contributed by atoms with van der Waals surface area (Å²) < 4.78 is 1.85. The fraction of sp³-hybridized carbons (Fsp3) is 0.286. The minimum Gasteiger partial charge on any atom is -0.337 e. The molecule has 176 valence electrons. The standard InChI is InChI=1S/C28H28N6O/c1-2-34-27-25(19-30-34)24(17-26(31-27)23-7-4-3-5-8-23)28(35)33-14-6-13-32(15-16-33)20-22-11-9-21(18-29)10-12-22/h3-5,7-12,17,19H,2,6,13-16,20H2,1H3. The maximum atomic E-state index is 13.8. The topological polar surface area (TPSA) is 78.0 Å². The number of fused-ring (bicyclic) bond motifs is 1. The van der Waals surface area contributed by atoms with Gasteiger partial charge in [0, 0.05) is 44.8 Å². The molecule has 0 saturated carbocycles. The molecule has 35 heavy (non-hydrogen) atoms. The average Bonchev–Trinajstić information content (AvgIpc) is 3.19. The van der Waals surface area contributed by atoms with Crippen molar-refractivity contribution in [1.29, 1.82) is 5.26 Å². The van der Waals surface area contributed by atoms with Crippen LogP contribution in [0.15, 0.2) is 66.9 Å². The summed E-state index contributed by atoms with van der Waals surface area (Å²) in [6, 6.07) is 21.8. The van der Waals surface area contributed by atoms with Crippen LogP contribution in [0.1, 0.15) is 34.8 Å². The van der Waals surface area contributed by atoms with Crippen molar-refractivity contribution in [3.05, 3.63) is 83.6 Å². The van der Waals surface area contributed by atoms with E-state index < -0.39 is 0 Å². The summed E-state index contributed by atoms with van der Waals surface area (Å²) in [4.78, 5) is 23.0. The van der Waals surface area contributed by atoms with Gasteiger partial charge in [-0.05, 0) is 37.1 Å². The van der Waals surface area contributed by atoms with Gasteiger partial charge in [0.25, 0.3) is 5.91 Å². The Hall–Kier alpha value is -4.02. The van der Waals surface area contributed by atoms with Crippen molar-refractivity contribution < 1.29 is 4.79 Å². The SMILES string of the molecule is CCn1ncc2c(C(=O)N3CCCN(Cc4ccc(C#N)cc4)CC3)cc(-c3ccccc3)nc21. The van der Waals surface area contributed by atoms with E-state index in [1.165, 1.54) is 5.56 Å². The maximum Gasteiger partial charge on any atom is 0.254 e. The fourth-order valence-electron chi connectivity index (χ4n) is 4.66. The van der Waals surface area contributed by atoms with Crippen molar-refractivity contribution in [3.8, 4) is 17.3 Å². The predicted octanol–water partition coefficient (Wildman–Crippen LogP) is 4.34. The molecule has 0 spiro atoms. The number of carbonyl (C=O) groups is 1.